The average Bonchev–Trinajstić information content (AvgIpc) is 3.27. The number of aromatic nitrogens is 3. The van der Waals surface area contributed by atoms with E-state index in [-0.39, 0.29) is 24.0 Å². The first-order valence-corrected chi connectivity index (χ1v) is 10.4. The monoisotopic (exact) mass is 506 g/mol. The van der Waals surface area contributed by atoms with E-state index in [9.17, 15) is 0 Å². The lowest BCUT2D eigenvalue weighted by atomic mass is 10.2. The van der Waals surface area contributed by atoms with Crippen LogP contribution in [0.3, 0.4) is 0 Å². The summed E-state index contributed by atoms with van der Waals surface area (Å²) in [5.74, 6) is 3.05. The van der Waals surface area contributed by atoms with E-state index in [4.69, 9.17) is 9.47 Å². The minimum Gasteiger partial charge on any atom is -0.379 e. The molecule has 3 rings (SSSR count). The van der Waals surface area contributed by atoms with Crippen LogP contribution < -0.4 is 10.6 Å². The lowest BCUT2D eigenvalue weighted by Crippen LogP contribution is -2.39. The number of aryl methyl sites for hydroxylation is 1. The molecule has 0 amide bonds. The van der Waals surface area contributed by atoms with Gasteiger partial charge < -0.3 is 24.7 Å². The molecule has 1 saturated heterocycles. The summed E-state index contributed by atoms with van der Waals surface area (Å²) in [7, 11) is 1.80. The Morgan fingerprint density at radius 3 is 2.93 bits per heavy atom. The highest BCUT2D eigenvalue weighted by atomic mass is 127. The summed E-state index contributed by atoms with van der Waals surface area (Å²) in [6, 6.07) is 0. The second-order valence-electron chi connectivity index (χ2n) is 7.23. The number of aliphatic imine (C=N–C) groups is 1. The quantitative estimate of drug-likeness (QED) is 0.231. The van der Waals surface area contributed by atoms with Gasteiger partial charge in [-0.05, 0) is 32.1 Å². The number of halogens is 1. The number of guanidine groups is 1. The van der Waals surface area contributed by atoms with Gasteiger partial charge in [-0.2, -0.15) is 0 Å². The van der Waals surface area contributed by atoms with E-state index in [1.165, 1.54) is 19.3 Å². The third kappa shape index (κ3) is 7.47. The fourth-order valence-electron chi connectivity index (χ4n) is 3.62. The van der Waals surface area contributed by atoms with Gasteiger partial charge in [-0.1, -0.05) is 6.42 Å². The van der Waals surface area contributed by atoms with Crippen LogP contribution >= 0.6 is 24.0 Å². The summed E-state index contributed by atoms with van der Waals surface area (Å²) in [4.78, 5) is 4.28. The number of nitrogens with one attached hydrogen (secondary N) is 2. The zero-order chi connectivity index (χ0) is 18.7. The van der Waals surface area contributed by atoms with Crippen molar-refractivity contribution in [1.82, 2.24) is 25.4 Å². The molecule has 1 aromatic rings. The highest BCUT2D eigenvalue weighted by Crippen LogP contribution is 2.14. The van der Waals surface area contributed by atoms with Gasteiger partial charge in [0.15, 0.2) is 5.96 Å². The van der Waals surface area contributed by atoms with Crippen LogP contribution in [-0.2, 0) is 28.9 Å². The molecule has 0 aromatic carbocycles. The number of rotatable bonds is 9. The largest absolute Gasteiger partial charge is 0.379 e. The molecule has 9 heteroatoms. The maximum absolute atomic E-state index is 5.68. The molecule has 1 unspecified atom stereocenters. The summed E-state index contributed by atoms with van der Waals surface area (Å²) < 4.78 is 13.5. The Morgan fingerprint density at radius 2 is 2.11 bits per heavy atom. The molecule has 8 nitrogen and oxygen atoms in total. The van der Waals surface area contributed by atoms with Gasteiger partial charge in [0.1, 0.15) is 11.6 Å². The Morgan fingerprint density at radius 1 is 1.21 bits per heavy atom. The summed E-state index contributed by atoms with van der Waals surface area (Å²) in [5, 5.41) is 15.4. The normalized spacial score (nSPS) is 19.6. The van der Waals surface area contributed by atoms with Crippen LogP contribution in [0.1, 0.15) is 50.2 Å². The van der Waals surface area contributed by atoms with Crippen LogP contribution in [0.4, 0.5) is 0 Å². The van der Waals surface area contributed by atoms with Crippen molar-refractivity contribution in [1.29, 1.82) is 0 Å². The van der Waals surface area contributed by atoms with Crippen LogP contribution in [0.2, 0.25) is 0 Å². The van der Waals surface area contributed by atoms with E-state index in [2.05, 4.69) is 30.4 Å². The second kappa shape index (κ2) is 13.3. The number of hydrogen-bond acceptors (Lipinski definition) is 5. The van der Waals surface area contributed by atoms with Gasteiger partial charge in [0.2, 0.25) is 0 Å². The van der Waals surface area contributed by atoms with Crippen LogP contribution in [0.15, 0.2) is 4.99 Å². The molecular formula is C19H35IN6O2. The summed E-state index contributed by atoms with van der Waals surface area (Å²) in [5.41, 5.74) is 0. The van der Waals surface area contributed by atoms with Gasteiger partial charge >= 0.3 is 0 Å². The molecule has 1 fully saturated rings. The SMILES string of the molecule is CN=C(NCCCOCC1CCCO1)NCCc1nnc2n1CCCCC2.I. The van der Waals surface area contributed by atoms with Gasteiger partial charge in [0, 0.05) is 52.7 Å². The molecule has 2 aliphatic rings. The predicted molar refractivity (Wildman–Crippen MR) is 120 cm³/mol. The van der Waals surface area contributed by atoms with Crippen molar-refractivity contribution in [3.8, 4) is 0 Å². The Bertz CT molecular complexity index is 589. The van der Waals surface area contributed by atoms with E-state index < -0.39 is 0 Å². The van der Waals surface area contributed by atoms with Crippen molar-refractivity contribution < 1.29 is 9.47 Å². The molecule has 2 aliphatic heterocycles. The van der Waals surface area contributed by atoms with E-state index >= 15 is 0 Å². The molecule has 0 radical (unpaired) electrons. The van der Waals surface area contributed by atoms with Crippen LogP contribution in [-0.4, -0.2) is 66.8 Å². The zero-order valence-corrected chi connectivity index (χ0v) is 19.3. The second-order valence-corrected chi connectivity index (χ2v) is 7.23. The number of ether oxygens (including phenoxy) is 2. The van der Waals surface area contributed by atoms with Gasteiger partial charge in [-0.25, -0.2) is 0 Å². The lowest BCUT2D eigenvalue weighted by molar-refractivity contribution is 0.0168. The summed E-state index contributed by atoms with van der Waals surface area (Å²) >= 11 is 0. The smallest absolute Gasteiger partial charge is 0.190 e. The zero-order valence-electron chi connectivity index (χ0n) is 17.0. The summed E-state index contributed by atoms with van der Waals surface area (Å²) in [6.07, 6.45) is 9.20. The molecule has 3 heterocycles. The maximum atomic E-state index is 5.68. The van der Waals surface area contributed by atoms with Gasteiger partial charge in [0.05, 0.1) is 12.7 Å². The van der Waals surface area contributed by atoms with Crippen LogP contribution in [0.5, 0.6) is 0 Å². The standard InChI is InChI=1S/C19H34N6O2.HI/c1-20-19(21-10-6-13-26-15-16-7-5-14-27-16)22-11-9-18-24-23-17-8-3-2-4-12-25(17)18;/h16H,2-15H2,1H3,(H2,20,21,22);1H. The van der Waals surface area contributed by atoms with E-state index in [0.717, 1.165) is 89.2 Å². The Labute approximate surface area is 185 Å². The van der Waals surface area contributed by atoms with E-state index in [0.29, 0.717) is 6.10 Å². The molecule has 0 saturated carbocycles. The van der Waals surface area contributed by atoms with E-state index in [1.807, 2.05) is 0 Å². The third-order valence-corrected chi connectivity index (χ3v) is 5.14. The predicted octanol–water partition coefficient (Wildman–Crippen LogP) is 1.92. The van der Waals surface area contributed by atoms with Crippen molar-refractivity contribution in [2.45, 2.75) is 64.0 Å². The number of hydrogen-bond donors (Lipinski definition) is 2. The fraction of sp³-hybridized carbons (Fsp3) is 0.842. The Balaban J connectivity index is 0.00000280. The Kier molecular flexibility index (Phi) is 11.1. The lowest BCUT2D eigenvalue weighted by Gasteiger charge is -2.13. The molecule has 0 spiro atoms. The number of nitrogens with zero attached hydrogens (tertiary/aromatic N) is 4. The highest BCUT2D eigenvalue weighted by Gasteiger charge is 2.15. The van der Waals surface area contributed by atoms with Crippen molar-refractivity contribution in [3.63, 3.8) is 0 Å². The van der Waals surface area contributed by atoms with Gasteiger partial charge in [-0.15, -0.1) is 34.2 Å². The molecule has 0 bridgehead atoms. The fourth-order valence-corrected chi connectivity index (χ4v) is 3.62. The first kappa shape index (κ1) is 23.3. The van der Waals surface area contributed by atoms with Crippen molar-refractivity contribution in [2.75, 3.05) is 40.0 Å². The molecule has 28 heavy (non-hydrogen) atoms. The minimum atomic E-state index is 0. The highest BCUT2D eigenvalue weighted by molar-refractivity contribution is 14.0. The van der Waals surface area contributed by atoms with Gasteiger partial charge in [-0.3, -0.25) is 4.99 Å². The molecule has 2 N–H and O–H groups in total. The van der Waals surface area contributed by atoms with Crippen molar-refractivity contribution in [2.24, 2.45) is 4.99 Å². The van der Waals surface area contributed by atoms with Crippen LogP contribution in [0, 0.1) is 0 Å². The number of fused-ring (bicyclic) bond motifs is 1. The third-order valence-electron chi connectivity index (χ3n) is 5.14. The Hall–Kier alpha value is -0.940. The molecule has 1 aromatic heterocycles. The average molecular weight is 506 g/mol. The molecule has 160 valence electrons. The first-order valence-electron chi connectivity index (χ1n) is 10.4. The summed E-state index contributed by atoms with van der Waals surface area (Å²) in [6.45, 7) is 5.04. The van der Waals surface area contributed by atoms with Crippen LogP contribution in [0.25, 0.3) is 0 Å². The van der Waals surface area contributed by atoms with Crippen molar-refractivity contribution in [3.05, 3.63) is 11.6 Å². The topological polar surface area (TPSA) is 85.6 Å². The van der Waals surface area contributed by atoms with Gasteiger partial charge in [0.25, 0.3) is 0 Å². The van der Waals surface area contributed by atoms with E-state index in [1.54, 1.807) is 7.05 Å². The molecule has 0 aliphatic carbocycles. The maximum Gasteiger partial charge on any atom is 0.190 e. The minimum absolute atomic E-state index is 0. The van der Waals surface area contributed by atoms with Crippen molar-refractivity contribution >= 4 is 29.9 Å². The molecule has 1 atom stereocenters. The first-order chi connectivity index (χ1) is 13.4. The molecular weight excluding hydrogens is 471 g/mol.